The van der Waals surface area contributed by atoms with Crippen molar-refractivity contribution in [1.29, 1.82) is 0 Å². The summed E-state index contributed by atoms with van der Waals surface area (Å²) in [6.07, 6.45) is 5.26. The molecular formula is C13H21N3. The predicted molar refractivity (Wildman–Crippen MR) is 68.8 cm³/mol. The molecule has 1 fully saturated rings. The molecule has 0 saturated heterocycles. The molecule has 2 N–H and O–H groups in total. The Morgan fingerprint density at radius 2 is 2.06 bits per heavy atom. The molecule has 0 amide bonds. The predicted octanol–water partition coefficient (Wildman–Crippen LogP) is 3.11. The van der Waals surface area contributed by atoms with E-state index in [4.69, 9.17) is 0 Å². The van der Waals surface area contributed by atoms with Gasteiger partial charge in [0, 0.05) is 13.1 Å². The second-order valence-corrected chi connectivity index (χ2v) is 4.77. The summed E-state index contributed by atoms with van der Waals surface area (Å²) >= 11 is 0. The van der Waals surface area contributed by atoms with Crippen molar-refractivity contribution in [2.45, 2.75) is 38.6 Å². The summed E-state index contributed by atoms with van der Waals surface area (Å²) in [4.78, 5) is 4.49. The lowest BCUT2D eigenvalue weighted by Gasteiger charge is -2.27. The minimum absolute atomic E-state index is 0.600. The van der Waals surface area contributed by atoms with Crippen LogP contribution < -0.4 is 10.6 Å². The van der Waals surface area contributed by atoms with Crippen LogP contribution in [0, 0.1) is 5.92 Å². The van der Waals surface area contributed by atoms with Gasteiger partial charge >= 0.3 is 0 Å². The van der Waals surface area contributed by atoms with Crippen molar-refractivity contribution >= 4 is 11.6 Å². The molecule has 88 valence electrons. The van der Waals surface area contributed by atoms with Gasteiger partial charge in [-0.25, -0.2) is 4.98 Å². The molecule has 2 rings (SSSR count). The van der Waals surface area contributed by atoms with Crippen LogP contribution in [0.2, 0.25) is 0 Å². The van der Waals surface area contributed by atoms with Gasteiger partial charge in [0.05, 0.1) is 0 Å². The molecule has 1 saturated carbocycles. The molecule has 2 atom stereocenters. The molecule has 1 aliphatic rings. The summed E-state index contributed by atoms with van der Waals surface area (Å²) < 4.78 is 0. The Morgan fingerprint density at radius 3 is 2.81 bits per heavy atom. The molecule has 1 heterocycles. The van der Waals surface area contributed by atoms with E-state index in [2.05, 4.69) is 22.5 Å². The van der Waals surface area contributed by atoms with Crippen molar-refractivity contribution in [3.8, 4) is 0 Å². The summed E-state index contributed by atoms with van der Waals surface area (Å²) in [5, 5.41) is 6.60. The number of rotatable bonds is 3. The van der Waals surface area contributed by atoms with Crippen molar-refractivity contribution in [3.05, 3.63) is 18.2 Å². The van der Waals surface area contributed by atoms with Crippen LogP contribution >= 0.6 is 0 Å². The minimum atomic E-state index is 0.600. The maximum atomic E-state index is 4.49. The fourth-order valence-electron chi connectivity index (χ4n) is 2.43. The SMILES string of the molecule is CNc1cccc(NC2CCCC(C)C2)n1. The van der Waals surface area contributed by atoms with Gasteiger partial charge in [-0.1, -0.05) is 25.8 Å². The molecule has 3 nitrogen and oxygen atoms in total. The number of hydrogen-bond acceptors (Lipinski definition) is 3. The molecule has 1 aliphatic carbocycles. The third-order valence-corrected chi connectivity index (χ3v) is 3.29. The Kier molecular flexibility index (Phi) is 3.65. The third kappa shape index (κ3) is 2.87. The van der Waals surface area contributed by atoms with Crippen LogP contribution in [0.15, 0.2) is 18.2 Å². The van der Waals surface area contributed by atoms with Crippen LogP contribution in [0.3, 0.4) is 0 Å². The quantitative estimate of drug-likeness (QED) is 0.820. The van der Waals surface area contributed by atoms with Gasteiger partial charge in [-0.2, -0.15) is 0 Å². The first-order valence-corrected chi connectivity index (χ1v) is 6.19. The maximum absolute atomic E-state index is 4.49. The highest BCUT2D eigenvalue weighted by molar-refractivity contribution is 5.45. The molecule has 2 unspecified atom stereocenters. The zero-order valence-corrected chi connectivity index (χ0v) is 10.2. The van der Waals surface area contributed by atoms with Gasteiger partial charge in [-0.05, 0) is 30.9 Å². The molecule has 16 heavy (non-hydrogen) atoms. The third-order valence-electron chi connectivity index (χ3n) is 3.29. The van der Waals surface area contributed by atoms with Crippen LogP contribution in [-0.4, -0.2) is 18.1 Å². The highest BCUT2D eigenvalue weighted by atomic mass is 15.1. The molecule has 0 spiro atoms. The van der Waals surface area contributed by atoms with Crippen molar-refractivity contribution in [2.24, 2.45) is 5.92 Å². The first-order valence-electron chi connectivity index (χ1n) is 6.19. The molecule has 3 heteroatoms. The number of pyridine rings is 1. The van der Waals surface area contributed by atoms with Gasteiger partial charge in [-0.15, -0.1) is 0 Å². The molecule has 0 radical (unpaired) electrons. The molecule has 1 aromatic heterocycles. The van der Waals surface area contributed by atoms with Crippen LogP contribution in [-0.2, 0) is 0 Å². The zero-order chi connectivity index (χ0) is 11.4. The molecule has 0 aromatic carbocycles. The average molecular weight is 219 g/mol. The van der Waals surface area contributed by atoms with Gasteiger partial charge in [0.15, 0.2) is 0 Å². The topological polar surface area (TPSA) is 37.0 Å². The van der Waals surface area contributed by atoms with E-state index in [1.54, 1.807) is 0 Å². The van der Waals surface area contributed by atoms with E-state index in [0.29, 0.717) is 6.04 Å². The summed E-state index contributed by atoms with van der Waals surface area (Å²) in [6.45, 7) is 2.34. The van der Waals surface area contributed by atoms with Gasteiger partial charge in [0.1, 0.15) is 11.6 Å². The van der Waals surface area contributed by atoms with E-state index < -0.39 is 0 Å². The highest BCUT2D eigenvalue weighted by Crippen LogP contribution is 2.25. The van der Waals surface area contributed by atoms with Gasteiger partial charge in [0.25, 0.3) is 0 Å². The lowest BCUT2D eigenvalue weighted by Crippen LogP contribution is -2.26. The summed E-state index contributed by atoms with van der Waals surface area (Å²) in [5.41, 5.74) is 0. The molecular weight excluding hydrogens is 198 g/mol. The fraction of sp³-hybridized carbons (Fsp3) is 0.615. The number of aromatic nitrogens is 1. The summed E-state index contributed by atoms with van der Waals surface area (Å²) in [5.74, 6) is 2.76. The van der Waals surface area contributed by atoms with Crippen molar-refractivity contribution in [3.63, 3.8) is 0 Å². The zero-order valence-electron chi connectivity index (χ0n) is 10.2. The van der Waals surface area contributed by atoms with Crippen molar-refractivity contribution < 1.29 is 0 Å². The minimum Gasteiger partial charge on any atom is -0.373 e. The smallest absolute Gasteiger partial charge is 0.128 e. The van der Waals surface area contributed by atoms with Crippen LogP contribution in [0.1, 0.15) is 32.6 Å². The Labute approximate surface area is 97.7 Å². The van der Waals surface area contributed by atoms with Crippen LogP contribution in [0.5, 0.6) is 0 Å². The standard InChI is InChI=1S/C13H21N3/c1-10-5-3-6-11(9-10)15-13-8-4-7-12(14-2)16-13/h4,7-8,10-11H,3,5-6,9H2,1-2H3,(H2,14,15,16). The second-order valence-electron chi connectivity index (χ2n) is 4.77. The summed E-state index contributed by atoms with van der Waals surface area (Å²) in [7, 11) is 1.90. The van der Waals surface area contributed by atoms with Crippen molar-refractivity contribution in [2.75, 3.05) is 17.7 Å². The van der Waals surface area contributed by atoms with Gasteiger partial charge < -0.3 is 10.6 Å². The Balaban J connectivity index is 1.97. The average Bonchev–Trinajstić information content (AvgIpc) is 2.29. The van der Waals surface area contributed by atoms with Gasteiger partial charge in [-0.3, -0.25) is 0 Å². The fourth-order valence-corrected chi connectivity index (χ4v) is 2.43. The molecule has 0 bridgehead atoms. The van der Waals surface area contributed by atoms with Crippen LogP contribution in [0.25, 0.3) is 0 Å². The van der Waals surface area contributed by atoms with Gasteiger partial charge in [0.2, 0.25) is 0 Å². The number of nitrogens with zero attached hydrogens (tertiary/aromatic N) is 1. The van der Waals surface area contributed by atoms with E-state index in [0.717, 1.165) is 17.6 Å². The van der Waals surface area contributed by atoms with E-state index in [1.165, 1.54) is 25.7 Å². The maximum Gasteiger partial charge on any atom is 0.128 e. The number of hydrogen-bond donors (Lipinski definition) is 2. The number of nitrogens with one attached hydrogen (secondary N) is 2. The summed E-state index contributed by atoms with van der Waals surface area (Å²) in [6, 6.07) is 6.66. The lowest BCUT2D eigenvalue weighted by atomic mass is 9.87. The molecule has 0 aliphatic heterocycles. The molecule has 1 aromatic rings. The second kappa shape index (κ2) is 5.19. The highest BCUT2D eigenvalue weighted by Gasteiger charge is 2.18. The van der Waals surface area contributed by atoms with E-state index >= 15 is 0 Å². The van der Waals surface area contributed by atoms with Crippen molar-refractivity contribution in [1.82, 2.24) is 4.98 Å². The Hall–Kier alpha value is -1.25. The Bertz CT molecular complexity index is 338. The number of anilines is 2. The first-order chi connectivity index (χ1) is 7.78. The van der Waals surface area contributed by atoms with E-state index in [9.17, 15) is 0 Å². The lowest BCUT2D eigenvalue weighted by molar-refractivity contribution is 0.358. The normalized spacial score (nSPS) is 25.1. The monoisotopic (exact) mass is 219 g/mol. The van der Waals surface area contributed by atoms with E-state index in [1.807, 2.05) is 25.2 Å². The first kappa shape index (κ1) is 11.2. The largest absolute Gasteiger partial charge is 0.373 e. The van der Waals surface area contributed by atoms with E-state index in [-0.39, 0.29) is 0 Å². The Morgan fingerprint density at radius 1 is 1.25 bits per heavy atom. The van der Waals surface area contributed by atoms with Crippen LogP contribution in [0.4, 0.5) is 11.6 Å².